The molecule has 3 heteroatoms. The first-order valence-electron chi connectivity index (χ1n) is 8.86. The van der Waals surface area contributed by atoms with Crippen molar-refractivity contribution >= 4 is 10.8 Å². The Bertz CT molecular complexity index is 940. The molecular formula is C23H21F3. The highest BCUT2D eigenvalue weighted by molar-refractivity contribution is 5.89. The van der Waals surface area contributed by atoms with Crippen LogP contribution in [-0.2, 0) is 12.8 Å². The summed E-state index contributed by atoms with van der Waals surface area (Å²) in [5.74, 6) is -2.77. The number of hydrogen-bond donors (Lipinski definition) is 0. The monoisotopic (exact) mass is 354 g/mol. The minimum absolute atomic E-state index is 0.273. The van der Waals surface area contributed by atoms with Gasteiger partial charge in [-0.05, 0) is 47.4 Å². The molecule has 0 atom stereocenters. The Morgan fingerprint density at radius 3 is 2.27 bits per heavy atom. The van der Waals surface area contributed by atoms with Gasteiger partial charge in [0.15, 0.2) is 11.6 Å². The van der Waals surface area contributed by atoms with E-state index in [0.717, 1.165) is 18.4 Å². The number of rotatable bonds is 6. The molecule has 0 aliphatic carbocycles. The smallest absolute Gasteiger partial charge is 0.169 e. The number of halogens is 3. The normalized spacial score (nSPS) is 11.1. The molecule has 134 valence electrons. The van der Waals surface area contributed by atoms with Gasteiger partial charge in [-0.2, -0.15) is 0 Å². The van der Waals surface area contributed by atoms with Gasteiger partial charge in [-0.15, -0.1) is 6.58 Å². The number of fused-ring (bicyclic) bond motifs is 1. The van der Waals surface area contributed by atoms with Crippen molar-refractivity contribution in [2.24, 2.45) is 0 Å². The maximum Gasteiger partial charge on any atom is 0.169 e. The molecule has 0 nitrogen and oxygen atoms in total. The number of benzene rings is 3. The van der Waals surface area contributed by atoms with Crippen molar-refractivity contribution in [2.75, 3.05) is 0 Å². The van der Waals surface area contributed by atoms with E-state index in [1.165, 1.54) is 0 Å². The summed E-state index contributed by atoms with van der Waals surface area (Å²) in [6, 6.07) is 12.3. The molecule has 0 N–H and O–H groups in total. The van der Waals surface area contributed by atoms with E-state index in [9.17, 15) is 13.2 Å². The lowest BCUT2D eigenvalue weighted by Crippen LogP contribution is -1.99. The Morgan fingerprint density at radius 2 is 1.62 bits per heavy atom. The van der Waals surface area contributed by atoms with Gasteiger partial charge in [0.2, 0.25) is 0 Å². The van der Waals surface area contributed by atoms with Gasteiger partial charge in [-0.25, -0.2) is 13.2 Å². The average molecular weight is 354 g/mol. The van der Waals surface area contributed by atoms with Crippen LogP contribution in [0.3, 0.4) is 0 Å². The van der Waals surface area contributed by atoms with E-state index >= 15 is 0 Å². The third-order valence-electron chi connectivity index (χ3n) is 4.62. The molecule has 3 aromatic carbocycles. The van der Waals surface area contributed by atoms with E-state index in [1.54, 1.807) is 18.2 Å². The standard InChI is InChI=1S/C23H21F3/c1-3-5-7-15-8-10-16(11-9-15)19-13-12-17-14-18(6-4-2)21(24)23(26)20(17)22(19)25/h3,8-14H,1,4-7H2,2H3. The Labute approximate surface area is 152 Å². The van der Waals surface area contributed by atoms with Gasteiger partial charge < -0.3 is 0 Å². The van der Waals surface area contributed by atoms with Crippen molar-refractivity contribution in [3.63, 3.8) is 0 Å². The maximum atomic E-state index is 15.0. The van der Waals surface area contributed by atoms with Crippen molar-refractivity contribution < 1.29 is 13.2 Å². The Kier molecular flexibility index (Phi) is 5.46. The summed E-state index contributed by atoms with van der Waals surface area (Å²) in [6.07, 6.45) is 4.70. The van der Waals surface area contributed by atoms with Crippen molar-refractivity contribution in [3.8, 4) is 11.1 Å². The van der Waals surface area contributed by atoms with Crippen molar-refractivity contribution in [2.45, 2.75) is 32.6 Å². The molecule has 0 bridgehead atoms. The lowest BCUT2D eigenvalue weighted by atomic mass is 9.96. The first-order valence-corrected chi connectivity index (χ1v) is 8.86. The molecule has 0 radical (unpaired) electrons. The van der Waals surface area contributed by atoms with Crippen LogP contribution in [0.5, 0.6) is 0 Å². The van der Waals surface area contributed by atoms with E-state index in [-0.39, 0.29) is 16.5 Å². The molecule has 26 heavy (non-hydrogen) atoms. The SMILES string of the molecule is C=CCCc1ccc(-c2ccc3cc(CCC)c(F)c(F)c3c2F)cc1. The first kappa shape index (κ1) is 18.2. The Morgan fingerprint density at radius 1 is 0.885 bits per heavy atom. The van der Waals surface area contributed by atoms with Gasteiger partial charge in [0.25, 0.3) is 0 Å². The zero-order valence-electron chi connectivity index (χ0n) is 14.8. The van der Waals surface area contributed by atoms with Crippen molar-refractivity contribution in [1.29, 1.82) is 0 Å². The molecule has 0 aromatic heterocycles. The third kappa shape index (κ3) is 3.39. The van der Waals surface area contributed by atoms with Gasteiger partial charge in [0, 0.05) is 5.56 Å². The summed E-state index contributed by atoms with van der Waals surface area (Å²) >= 11 is 0. The Hall–Kier alpha value is -2.55. The second kappa shape index (κ2) is 7.77. The maximum absolute atomic E-state index is 15.0. The van der Waals surface area contributed by atoms with Gasteiger partial charge in [0.1, 0.15) is 5.82 Å². The van der Waals surface area contributed by atoms with Crippen LogP contribution in [0.1, 0.15) is 30.9 Å². The summed E-state index contributed by atoms with van der Waals surface area (Å²) in [6.45, 7) is 5.59. The highest BCUT2D eigenvalue weighted by Gasteiger charge is 2.19. The molecule has 0 fully saturated rings. The third-order valence-corrected chi connectivity index (χ3v) is 4.62. The van der Waals surface area contributed by atoms with Crippen LogP contribution in [0.15, 0.2) is 55.1 Å². The second-order valence-electron chi connectivity index (χ2n) is 6.46. The number of aryl methyl sites for hydroxylation is 2. The molecule has 3 rings (SSSR count). The average Bonchev–Trinajstić information content (AvgIpc) is 2.65. The van der Waals surface area contributed by atoms with E-state index in [2.05, 4.69) is 6.58 Å². The van der Waals surface area contributed by atoms with Crippen LogP contribution in [0.4, 0.5) is 13.2 Å². The van der Waals surface area contributed by atoms with Gasteiger partial charge in [-0.3, -0.25) is 0 Å². The van der Waals surface area contributed by atoms with Crippen LogP contribution >= 0.6 is 0 Å². The van der Waals surface area contributed by atoms with Crippen LogP contribution in [0, 0.1) is 17.5 Å². The topological polar surface area (TPSA) is 0 Å². The molecule has 0 spiro atoms. The minimum Gasteiger partial charge on any atom is -0.206 e. The fraction of sp³-hybridized carbons (Fsp3) is 0.217. The quantitative estimate of drug-likeness (QED) is 0.418. The van der Waals surface area contributed by atoms with E-state index in [4.69, 9.17) is 0 Å². The predicted molar refractivity (Wildman–Crippen MR) is 102 cm³/mol. The van der Waals surface area contributed by atoms with E-state index in [1.807, 2.05) is 37.3 Å². The second-order valence-corrected chi connectivity index (χ2v) is 6.46. The Balaban J connectivity index is 2.08. The van der Waals surface area contributed by atoms with E-state index < -0.39 is 17.5 Å². The molecule has 0 saturated heterocycles. The fourth-order valence-corrected chi connectivity index (χ4v) is 3.23. The zero-order chi connectivity index (χ0) is 18.7. The first-order chi connectivity index (χ1) is 12.6. The minimum atomic E-state index is -1.10. The molecule has 0 aliphatic heterocycles. The van der Waals surface area contributed by atoms with Crippen molar-refractivity contribution in [3.05, 3.63) is 83.7 Å². The molecule has 3 aromatic rings. The molecular weight excluding hydrogens is 333 g/mol. The van der Waals surface area contributed by atoms with E-state index in [0.29, 0.717) is 23.8 Å². The highest BCUT2D eigenvalue weighted by Crippen LogP contribution is 2.33. The van der Waals surface area contributed by atoms with Gasteiger partial charge >= 0.3 is 0 Å². The number of allylic oxidation sites excluding steroid dienone is 1. The van der Waals surface area contributed by atoms with Crippen LogP contribution in [0.2, 0.25) is 0 Å². The van der Waals surface area contributed by atoms with Gasteiger partial charge in [-0.1, -0.05) is 55.8 Å². The predicted octanol–water partition coefficient (Wildman–Crippen LogP) is 7.00. The lowest BCUT2D eigenvalue weighted by molar-refractivity contribution is 0.502. The highest BCUT2D eigenvalue weighted by atomic mass is 19.2. The summed E-state index contributed by atoms with van der Waals surface area (Å²) < 4.78 is 43.8. The zero-order valence-corrected chi connectivity index (χ0v) is 14.8. The summed E-state index contributed by atoms with van der Waals surface area (Å²) in [5.41, 5.74) is 2.33. The fourth-order valence-electron chi connectivity index (χ4n) is 3.23. The van der Waals surface area contributed by atoms with Crippen LogP contribution in [0.25, 0.3) is 21.9 Å². The molecule has 0 heterocycles. The molecule has 0 saturated carbocycles. The number of hydrogen-bond acceptors (Lipinski definition) is 0. The largest absolute Gasteiger partial charge is 0.206 e. The molecule has 0 amide bonds. The summed E-state index contributed by atoms with van der Waals surface area (Å²) in [5, 5.41) is 0.104. The van der Waals surface area contributed by atoms with Crippen molar-refractivity contribution in [1.82, 2.24) is 0 Å². The summed E-state index contributed by atoms with van der Waals surface area (Å²) in [4.78, 5) is 0. The van der Waals surface area contributed by atoms with Crippen LogP contribution in [-0.4, -0.2) is 0 Å². The summed E-state index contributed by atoms with van der Waals surface area (Å²) in [7, 11) is 0. The molecule has 0 aliphatic rings. The molecule has 0 unspecified atom stereocenters. The van der Waals surface area contributed by atoms with Crippen LogP contribution < -0.4 is 0 Å². The van der Waals surface area contributed by atoms with Gasteiger partial charge in [0.05, 0.1) is 5.39 Å². The lowest BCUT2D eigenvalue weighted by Gasteiger charge is -2.11.